The number of ether oxygens (including phenoxy) is 1. The van der Waals surface area contributed by atoms with Crippen LogP contribution in [-0.2, 0) is 4.74 Å². The smallest absolute Gasteiger partial charge is 0.0833 e. The van der Waals surface area contributed by atoms with Gasteiger partial charge in [-0.1, -0.05) is 13.8 Å². The molecular formula is C12H24N2O. The summed E-state index contributed by atoms with van der Waals surface area (Å²) in [5, 5.41) is 3.41. The highest BCUT2D eigenvalue weighted by Crippen LogP contribution is 2.27. The third-order valence-corrected chi connectivity index (χ3v) is 3.47. The summed E-state index contributed by atoms with van der Waals surface area (Å²) in [4.78, 5) is 2.58. The zero-order valence-corrected chi connectivity index (χ0v) is 10.1. The molecule has 0 saturated carbocycles. The van der Waals surface area contributed by atoms with Crippen molar-refractivity contribution in [3.05, 3.63) is 0 Å². The van der Waals surface area contributed by atoms with Gasteiger partial charge in [-0.05, 0) is 31.8 Å². The number of morpholine rings is 1. The number of nitrogens with zero attached hydrogens (tertiary/aromatic N) is 1. The molecule has 2 heterocycles. The highest BCUT2D eigenvalue weighted by atomic mass is 16.5. The number of hydrogen-bond acceptors (Lipinski definition) is 3. The monoisotopic (exact) mass is 212 g/mol. The van der Waals surface area contributed by atoms with E-state index in [1.54, 1.807) is 0 Å². The van der Waals surface area contributed by atoms with E-state index in [9.17, 15) is 0 Å². The second-order valence-electron chi connectivity index (χ2n) is 5.41. The summed E-state index contributed by atoms with van der Waals surface area (Å²) in [6.07, 6.45) is 2.36. The first-order chi connectivity index (χ1) is 7.20. The second kappa shape index (κ2) is 4.81. The minimum Gasteiger partial charge on any atom is -0.372 e. The van der Waals surface area contributed by atoms with E-state index in [4.69, 9.17) is 4.74 Å². The Morgan fingerprint density at radius 3 is 2.73 bits per heavy atom. The molecule has 15 heavy (non-hydrogen) atoms. The van der Waals surface area contributed by atoms with Crippen LogP contribution in [0.1, 0.15) is 26.7 Å². The van der Waals surface area contributed by atoms with Crippen molar-refractivity contribution in [2.75, 3.05) is 39.3 Å². The molecular weight excluding hydrogens is 188 g/mol. The molecule has 0 aliphatic carbocycles. The van der Waals surface area contributed by atoms with Crippen LogP contribution in [0.25, 0.3) is 0 Å². The van der Waals surface area contributed by atoms with Crippen molar-refractivity contribution in [2.24, 2.45) is 5.92 Å². The molecule has 2 saturated heterocycles. The van der Waals surface area contributed by atoms with Crippen LogP contribution in [0.4, 0.5) is 0 Å². The molecule has 3 nitrogen and oxygen atoms in total. The molecule has 0 radical (unpaired) electrons. The van der Waals surface area contributed by atoms with E-state index in [2.05, 4.69) is 24.1 Å². The maximum Gasteiger partial charge on any atom is 0.0833 e. The predicted octanol–water partition coefficient (Wildman–Crippen LogP) is 1.10. The first-order valence-corrected chi connectivity index (χ1v) is 6.27. The van der Waals surface area contributed by atoms with Gasteiger partial charge in [0.25, 0.3) is 0 Å². The molecule has 1 N–H and O–H groups in total. The van der Waals surface area contributed by atoms with E-state index in [1.807, 2.05) is 0 Å². The Hall–Kier alpha value is -0.120. The first-order valence-electron chi connectivity index (χ1n) is 6.27. The molecule has 2 fully saturated rings. The molecule has 0 atom stereocenters. The van der Waals surface area contributed by atoms with Crippen LogP contribution in [-0.4, -0.2) is 49.8 Å². The zero-order chi connectivity index (χ0) is 10.7. The van der Waals surface area contributed by atoms with Gasteiger partial charge in [0, 0.05) is 19.6 Å². The summed E-state index contributed by atoms with van der Waals surface area (Å²) < 4.78 is 6.04. The number of rotatable bonds is 2. The molecule has 0 amide bonds. The van der Waals surface area contributed by atoms with Crippen LogP contribution in [0.15, 0.2) is 0 Å². The molecule has 0 unspecified atom stereocenters. The van der Waals surface area contributed by atoms with Crippen LogP contribution < -0.4 is 5.32 Å². The highest BCUT2D eigenvalue weighted by molar-refractivity contribution is 4.91. The molecule has 3 heteroatoms. The molecule has 2 rings (SSSR count). The minimum absolute atomic E-state index is 0.179. The van der Waals surface area contributed by atoms with Crippen molar-refractivity contribution in [2.45, 2.75) is 32.3 Å². The van der Waals surface area contributed by atoms with Gasteiger partial charge in [0.2, 0.25) is 0 Å². The predicted molar refractivity (Wildman–Crippen MR) is 62.1 cm³/mol. The standard InChI is InChI=1S/C12H24N2O/c1-11(2)9-14-7-8-15-12(10-14)3-5-13-6-4-12/h11,13H,3-10H2,1-2H3. The molecule has 0 bridgehead atoms. The number of hydrogen-bond donors (Lipinski definition) is 1. The quantitative estimate of drug-likeness (QED) is 0.742. The van der Waals surface area contributed by atoms with E-state index in [1.165, 1.54) is 19.4 Å². The number of piperidine rings is 1. The molecule has 0 aromatic carbocycles. The lowest BCUT2D eigenvalue weighted by molar-refractivity contribution is -0.125. The largest absolute Gasteiger partial charge is 0.372 e. The van der Waals surface area contributed by atoms with Gasteiger partial charge in [-0.3, -0.25) is 4.90 Å². The van der Waals surface area contributed by atoms with Crippen molar-refractivity contribution in [3.63, 3.8) is 0 Å². The fraction of sp³-hybridized carbons (Fsp3) is 1.00. The van der Waals surface area contributed by atoms with E-state index >= 15 is 0 Å². The van der Waals surface area contributed by atoms with Gasteiger partial charge >= 0.3 is 0 Å². The minimum atomic E-state index is 0.179. The van der Waals surface area contributed by atoms with Crippen LogP contribution in [0.5, 0.6) is 0 Å². The van der Waals surface area contributed by atoms with Gasteiger partial charge in [-0.25, -0.2) is 0 Å². The van der Waals surface area contributed by atoms with E-state index < -0.39 is 0 Å². The van der Waals surface area contributed by atoms with Gasteiger partial charge < -0.3 is 10.1 Å². The normalized spacial score (nSPS) is 27.4. The number of nitrogens with one attached hydrogen (secondary N) is 1. The van der Waals surface area contributed by atoms with Gasteiger partial charge in [0.05, 0.1) is 12.2 Å². The Kier molecular flexibility index (Phi) is 3.65. The highest BCUT2D eigenvalue weighted by Gasteiger charge is 2.37. The maximum atomic E-state index is 6.04. The zero-order valence-electron chi connectivity index (χ0n) is 10.1. The van der Waals surface area contributed by atoms with Gasteiger partial charge in [0.1, 0.15) is 0 Å². The third-order valence-electron chi connectivity index (χ3n) is 3.47. The van der Waals surface area contributed by atoms with Crippen LogP contribution in [0, 0.1) is 5.92 Å². The topological polar surface area (TPSA) is 24.5 Å². The Balaban J connectivity index is 1.90. The summed E-state index contributed by atoms with van der Waals surface area (Å²) in [5.74, 6) is 0.766. The van der Waals surface area contributed by atoms with Crippen LogP contribution in [0.3, 0.4) is 0 Å². The van der Waals surface area contributed by atoms with E-state index in [0.717, 1.165) is 38.7 Å². The SMILES string of the molecule is CC(C)CN1CCOC2(CCNCC2)C1. The van der Waals surface area contributed by atoms with Gasteiger partial charge in [0.15, 0.2) is 0 Å². The van der Waals surface area contributed by atoms with Gasteiger partial charge in [-0.2, -0.15) is 0 Å². The van der Waals surface area contributed by atoms with Crippen molar-refractivity contribution in [3.8, 4) is 0 Å². The van der Waals surface area contributed by atoms with Crippen molar-refractivity contribution in [1.29, 1.82) is 0 Å². The Bertz CT molecular complexity index is 194. The molecule has 2 aliphatic heterocycles. The van der Waals surface area contributed by atoms with Crippen molar-refractivity contribution >= 4 is 0 Å². The summed E-state index contributed by atoms with van der Waals surface area (Å²) >= 11 is 0. The molecule has 88 valence electrons. The Morgan fingerprint density at radius 2 is 2.07 bits per heavy atom. The fourth-order valence-electron chi connectivity index (χ4n) is 2.78. The average molecular weight is 212 g/mol. The maximum absolute atomic E-state index is 6.04. The van der Waals surface area contributed by atoms with E-state index in [-0.39, 0.29) is 5.60 Å². The van der Waals surface area contributed by atoms with Crippen LogP contribution >= 0.6 is 0 Å². The Morgan fingerprint density at radius 1 is 1.33 bits per heavy atom. The van der Waals surface area contributed by atoms with Crippen LogP contribution in [0.2, 0.25) is 0 Å². The summed E-state index contributed by atoms with van der Waals surface area (Å²) in [6.45, 7) is 11.2. The lowest BCUT2D eigenvalue weighted by Crippen LogP contribution is -2.56. The first kappa shape index (κ1) is 11.4. The lowest BCUT2D eigenvalue weighted by atomic mass is 9.90. The third kappa shape index (κ3) is 2.92. The summed E-state index contributed by atoms with van der Waals surface area (Å²) in [7, 11) is 0. The lowest BCUT2D eigenvalue weighted by Gasteiger charge is -2.45. The molecule has 0 aromatic heterocycles. The van der Waals surface area contributed by atoms with Crippen molar-refractivity contribution in [1.82, 2.24) is 10.2 Å². The summed E-state index contributed by atoms with van der Waals surface area (Å²) in [5.41, 5.74) is 0.179. The average Bonchev–Trinajstić information content (AvgIpc) is 2.17. The van der Waals surface area contributed by atoms with E-state index in [0.29, 0.717) is 0 Å². The fourth-order valence-corrected chi connectivity index (χ4v) is 2.78. The molecule has 2 aliphatic rings. The second-order valence-corrected chi connectivity index (χ2v) is 5.41. The molecule has 0 aromatic rings. The van der Waals surface area contributed by atoms with Crippen molar-refractivity contribution < 1.29 is 4.74 Å². The Labute approximate surface area is 93.2 Å². The van der Waals surface area contributed by atoms with Gasteiger partial charge in [-0.15, -0.1) is 0 Å². The molecule has 1 spiro atoms. The summed E-state index contributed by atoms with van der Waals surface area (Å²) in [6, 6.07) is 0.